The molecule has 27 heavy (non-hydrogen) atoms. The molecule has 10 nitrogen and oxygen atoms in total. The van der Waals surface area contributed by atoms with Crippen LogP contribution in [-0.2, 0) is 25.6 Å². The summed E-state index contributed by atoms with van der Waals surface area (Å²) in [6.45, 7) is 0.413. The van der Waals surface area contributed by atoms with Crippen LogP contribution in [0.2, 0.25) is 0 Å². The van der Waals surface area contributed by atoms with Gasteiger partial charge in [-0.25, -0.2) is 4.98 Å². The minimum Gasteiger partial charge on any atom is -0.368 e. The van der Waals surface area contributed by atoms with E-state index in [1.54, 1.807) is 0 Å². The van der Waals surface area contributed by atoms with Crippen LogP contribution in [0.25, 0.3) is 0 Å². The van der Waals surface area contributed by atoms with Crippen LogP contribution in [0.1, 0.15) is 25.0 Å². The Morgan fingerprint density at radius 3 is 2.63 bits per heavy atom. The first-order valence-corrected chi connectivity index (χ1v) is 10.5. The second-order valence-electron chi connectivity index (χ2n) is 6.48. The third-order valence-corrected chi connectivity index (χ3v) is 6.03. The summed E-state index contributed by atoms with van der Waals surface area (Å²) in [4.78, 5) is 57.0. The number of nitrogens with zero attached hydrogens (tertiary/aromatic N) is 2. The normalized spacial score (nSPS) is 22.7. The summed E-state index contributed by atoms with van der Waals surface area (Å²) in [5.74, 6) is -1.55. The van der Waals surface area contributed by atoms with E-state index in [-0.39, 0.29) is 24.7 Å². The molecule has 146 valence electrons. The Labute approximate surface area is 182 Å². The average molecular weight is 600 g/mol. The number of carbonyl (C=O) groups excluding carboxylic acids is 4. The van der Waals surface area contributed by atoms with Crippen molar-refractivity contribution in [3.05, 3.63) is 13.2 Å². The number of H-pyrrole nitrogens is 1. The summed E-state index contributed by atoms with van der Waals surface area (Å²) in [6, 6.07) is -2.19. The van der Waals surface area contributed by atoms with Crippen molar-refractivity contribution in [3.8, 4) is 0 Å². The van der Waals surface area contributed by atoms with Gasteiger partial charge in [-0.15, -0.1) is 0 Å². The first kappa shape index (κ1) is 20.3. The number of halogens is 2. The van der Waals surface area contributed by atoms with Crippen molar-refractivity contribution < 1.29 is 19.2 Å². The van der Waals surface area contributed by atoms with E-state index < -0.39 is 29.9 Å². The van der Waals surface area contributed by atoms with E-state index >= 15 is 0 Å². The van der Waals surface area contributed by atoms with Crippen molar-refractivity contribution >= 4 is 68.8 Å². The van der Waals surface area contributed by atoms with E-state index in [2.05, 4.69) is 43.2 Å². The van der Waals surface area contributed by atoms with Crippen molar-refractivity contribution in [1.82, 2.24) is 25.5 Å². The number of hydrogen-bond acceptors (Lipinski definition) is 5. The number of aromatic amines is 1. The van der Waals surface area contributed by atoms with Gasteiger partial charge in [0.1, 0.15) is 21.8 Å². The van der Waals surface area contributed by atoms with Gasteiger partial charge in [0.25, 0.3) is 0 Å². The number of hydrogen-bond donors (Lipinski definition) is 4. The first-order chi connectivity index (χ1) is 12.8. The van der Waals surface area contributed by atoms with Gasteiger partial charge in [-0.1, -0.05) is 0 Å². The molecule has 5 N–H and O–H groups in total. The SMILES string of the molecule is NC(=O)[C@@H]1CCCN1C(=O)[C@H](Cc1[nH]c(I)nc1I)NC(=O)[C@@H]1CC(=O)N1. The molecule has 0 aliphatic carbocycles. The molecule has 1 aromatic heterocycles. The third-order valence-electron chi connectivity index (χ3n) is 4.63. The molecule has 0 radical (unpaired) electrons. The summed E-state index contributed by atoms with van der Waals surface area (Å²) in [5.41, 5.74) is 6.13. The lowest BCUT2D eigenvalue weighted by Crippen LogP contribution is -2.61. The zero-order chi connectivity index (χ0) is 19.7. The van der Waals surface area contributed by atoms with Crippen LogP contribution in [0.5, 0.6) is 0 Å². The first-order valence-electron chi connectivity index (χ1n) is 8.35. The molecule has 0 saturated carbocycles. The lowest BCUT2D eigenvalue weighted by molar-refractivity contribution is -0.142. The number of imidazole rings is 1. The molecule has 3 rings (SSSR count). The van der Waals surface area contributed by atoms with E-state index in [0.717, 1.165) is 0 Å². The second-order valence-corrected chi connectivity index (χ2v) is 8.52. The smallest absolute Gasteiger partial charge is 0.246 e. The summed E-state index contributed by atoms with van der Waals surface area (Å²) in [6.07, 6.45) is 1.49. The fraction of sp³-hybridized carbons (Fsp3) is 0.533. The van der Waals surface area contributed by atoms with E-state index in [4.69, 9.17) is 5.73 Å². The molecule has 12 heteroatoms. The predicted octanol–water partition coefficient (Wildman–Crippen LogP) is -0.989. The Hall–Kier alpha value is -1.45. The topological polar surface area (TPSA) is 150 Å². The van der Waals surface area contributed by atoms with Crippen molar-refractivity contribution in [3.63, 3.8) is 0 Å². The number of β-lactam (4-membered cyclic amide) rings is 1. The van der Waals surface area contributed by atoms with Crippen LogP contribution >= 0.6 is 45.2 Å². The molecule has 2 saturated heterocycles. The fourth-order valence-corrected chi connectivity index (χ4v) is 4.84. The van der Waals surface area contributed by atoms with E-state index in [0.29, 0.717) is 32.6 Å². The maximum atomic E-state index is 13.1. The van der Waals surface area contributed by atoms with Gasteiger partial charge in [0.2, 0.25) is 23.6 Å². The summed E-state index contributed by atoms with van der Waals surface area (Å²) >= 11 is 4.08. The summed E-state index contributed by atoms with van der Waals surface area (Å²) in [7, 11) is 0. The van der Waals surface area contributed by atoms with Crippen molar-refractivity contribution in [1.29, 1.82) is 0 Å². The molecule has 2 aliphatic heterocycles. The van der Waals surface area contributed by atoms with E-state index in [9.17, 15) is 19.2 Å². The molecule has 3 atom stereocenters. The minimum absolute atomic E-state index is 0.0971. The number of rotatable bonds is 6. The Balaban J connectivity index is 1.78. The van der Waals surface area contributed by atoms with Gasteiger partial charge in [-0.3, -0.25) is 19.2 Å². The molecule has 2 fully saturated rings. The second kappa shape index (κ2) is 8.28. The van der Waals surface area contributed by atoms with Crippen LogP contribution in [0.4, 0.5) is 0 Å². The lowest BCUT2D eigenvalue weighted by atomic mass is 10.0. The molecule has 0 aromatic carbocycles. The quantitative estimate of drug-likeness (QED) is 0.245. The predicted molar refractivity (Wildman–Crippen MR) is 110 cm³/mol. The number of amides is 4. The van der Waals surface area contributed by atoms with Crippen LogP contribution in [0, 0.1) is 7.53 Å². The fourth-order valence-electron chi connectivity index (χ4n) is 3.21. The molecule has 3 heterocycles. The van der Waals surface area contributed by atoms with Gasteiger partial charge in [-0.05, 0) is 58.0 Å². The molecule has 0 spiro atoms. The Morgan fingerprint density at radius 1 is 1.37 bits per heavy atom. The highest BCUT2D eigenvalue weighted by atomic mass is 127. The maximum absolute atomic E-state index is 13.1. The minimum atomic E-state index is -0.889. The number of primary amides is 1. The zero-order valence-electron chi connectivity index (χ0n) is 14.1. The summed E-state index contributed by atoms with van der Waals surface area (Å²) < 4.78 is 1.38. The maximum Gasteiger partial charge on any atom is 0.246 e. The van der Waals surface area contributed by atoms with Crippen molar-refractivity contribution in [2.24, 2.45) is 5.73 Å². The van der Waals surface area contributed by atoms with Crippen LogP contribution < -0.4 is 16.4 Å². The molecular weight excluding hydrogens is 582 g/mol. The number of likely N-dealkylation sites (tertiary alicyclic amines) is 1. The Bertz CT molecular complexity index is 789. The zero-order valence-corrected chi connectivity index (χ0v) is 18.4. The lowest BCUT2D eigenvalue weighted by Gasteiger charge is -2.31. The standard InChI is InChI=1S/C15H18I2N6O4/c16-11-6(21-15(17)22-11)4-8(20-13(26)7-5-10(24)19-7)14(27)23-3-1-2-9(23)12(18)25/h7-9H,1-5H2,(H2,18,25)(H,19,24)(H,20,26)(H,21,22)/t7-,8-,9-/m0/s1. The highest BCUT2D eigenvalue weighted by molar-refractivity contribution is 14.1. The van der Waals surface area contributed by atoms with E-state index in [1.807, 2.05) is 22.6 Å². The van der Waals surface area contributed by atoms with Crippen molar-refractivity contribution in [2.75, 3.05) is 6.54 Å². The van der Waals surface area contributed by atoms with Crippen LogP contribution in [0.3, 0.4) is 0 Å². The Morgan fingerprint density at radius 2 is 2.07 bits per heavy atom. The van der Waals surface area contributed by atoms with Gasteiger partial charge in [0.15, 0.2) is 3.83 Å². The number of aromatic nitrogens is 2. The Kier molecular flexibility index (Phi) is 6.22. The van der Waals surface area contributed by atoms with Gasteiger partial charge in [0, 0.05) is 13.0 Å². The molecular formula is C15H18I2N6O4. The number of nitrogens with two attached hydrogens (primary N) is 1. The number of carbonyl (C=O) groups is 4. The van der Waals surface area contributed by atoms with E-state index in [1.165, 1.54) is 4.90 Å². The van der Waals surface area contributed by atoms with Crippen LogP contribution in [-0.4, -0.2) is 63.2 Å². The van der Waals surface area contributed by atoms with Crippen molar-refractivity contribution in [2.45, 2.75) is 43.8 Å². The van der Waals surface area contributed by atoms with Crippen LogP contribution in [0.15, 0.2) is 0 Å². The van der Waals surface area contributed by atoms with Gasteiger partial charge < -0.3 is 26.3 Å². The molecule has 1 aromatic rings. The largest absolute Gasteiger partial charge is 0.368 e. The third kappa shape index (κ3) is 4.52. The molecule has 2 aliphatic rings. The highest BCUT2D eigenvalue weighted by Crippen LogP contribution is 2.20. The van der Waals surface area contributed by atoms with Gasteiger partial charge in [0.05, 0.1) is 12.1 Å². The van der Waals surface area contributed by atoms with Gasteiger partial charge in [-0.2, -0.15) is 0 Å². The highest BCUT2D eigenvalue weighted by Gasteiger charge is 2.39. The molecule has 4 amide bonds. The monoisotopic (exact) mass is 600 g/mol. The number of nitrogens with one attached hydrogen (secondary N) is 3. The average Bonchev–Trinajstić information content (AvgIpc) is 3.17. The molecule has 0 unspecified atom stereocenters. The van der Waals surface area contributed by atoms with Gasteiger partial charge >= 0.3 is 0 Å². The molecule has 0 bridgehead atoms. The summed E-state index contributed by atoms with van der Waals surface area (Å²) in [5, 5.41) is 5.20.